The van der Waals surface area contributed by atoms with E-state index < -0.39 is 10.0 Å². The van der Waals surface area contributed by atoms with Crippen LogP contribution < -0.4 is 0 Å². The second-order valence-corrected chi connectivity index (χ2v) is 11.8. The van der Waals surface area contributed by atoms with Gasteiger partial charge in [-0.15, -0.1) is 11.3 Å². The molecular formula is C25H27ClN2O3S2. The molecule has 1 aliphatic heterocycles. The minimum atomic E-state index is -3.86. The highest BCUT2D eigenvalue weighted by Gasteiger charge is 2.36. The van der Waals surface area contributed by atoms with Crippen molar-refractivity contribution in [2.75, 3.05) is 13.1 Å². The highest BCUT2D eigenvalue weighted by molar-refractivity contribution is 7.89. The Bertz CT molecular complexity index is 1250. The molecule has 1 amide bonds. The maximum Gasteiger partial charge on any atom is 0.243 e. The summed E-state index contributed by atoms with van der Waals surface area (Å²) in [6, 6.07) is 15.6. The Morgan fingerprint density at radius 1 is 1.12 bits per heavy atom. The first-order valence-electron chi connectivity index (χ1n) is 10.9. The van der Waals surface area contributed by atoms with Gasteiger partial charge in [-0.3, -0.25) is 4.79 Å². The molecule has 3 aromatic rings. The van der Waals surface area contributed by atoms with Crippen LogP contribution in [0.5, 0.6) is 0 Å². The number of rotatable bonds is 6. The second kappa shape index (κ2) is 9.58. The van der Waals surface area contributed by atoms with Crippen molar-refractivity contribution in [1.29, 1.82) is 0 Å². The van der Waals surface area contributed by atoms with Crippen LogP contribution in [0.2, 0.25) is 5.02 Å². The van der Waals surface area contributed by atoms with Gasteiger partial charge in [-0.2, -0.15) is 4.31 Å². The van der Waals surface area contributed by atoms with Gasteiger partial charge < -0.3 is 4.90 Å². The molecule has 1 unspecified atom stereocenters. The van der Waals surface area contributed by atoms with Crippen LogP contribution in [0.3, 0.4) is 0 Å². The van der Waals surface area contributed by atoms with E-state index in [1.54, 1.807) is 37.3 Å². The average Bonchev–Trinajstić information content (AvgIpc) is 3.26. The van der Waals surface area contributed by atoms with Gasteiger partial charge in [0.15, 0.2) is 0 Å². The standard InChI is InChI=1S/C25H27ClN2O3S2/c1-17(2)28(33(30,31)20-10-8-19(26)9-11-20)16-24(29)27-14-12-23-22(13-15-32-23)25(27)21-7-5-4-6-18(21)3/h4-11,13,15,17,25H,12,14,16H2,1-3H3. The van der Waals surface area contributed by atoms with Crippen molar-refractivity contribution >= 4 is 38.9 Å². The Labute approximate surface area is 204 Å². The first-order valence-corrected chi connectivity index (χ1v) is 13.6. The summed E-state index contributed by atoms with van der Waals surface area (Å²) in [6.07, 6.45) is 0.771. The third kappa shape index (κ3) is 4.73. The van der Waals surface area contributed by atoms with Crippen LogP contribution in [0, 0.1) is 6.92 Å². The number of aryl methyl sites for hydroxylation is 1. The summed E-state index contributed by atoms with van der Waals surface area (Å²) in [5.74, 6) is -0.202. The molecule has 0 aliphatic carbocycles. The average molecular weight is 503 g/mol. The lowest BCUT2D eigenvalue weighted by Gasteiger charge is -2.38. The van der Waals surface area contributed by atoms with Gasteiger partial charge in [-0.05, 0) is 79.6 Å². The predicted octanol–water partition coefficient (Wildman–Crippen LogP) is 5.28. The van der Waals surface area contributed by atoms with E-state index in [2.05, 4.69) is 17.5 Å². The number of thiophene rings is 1. The summed E-state index contributed by atoms with van der Waals surface area (Å²) < 4.78 is 28.0. The lowest BCUT2D eigenvalue weighted by atomic mass is 9.90. The number of carbonyl (C=O) groups excluding carboxylic acids is 1. The molecule has 2 heterocycles. The van der Waals surface area contributed by atoms with Crippen LogP contribution >= 0.6 is 22.9 Å². The van der Waals surface area contributed by atoms with E-state index in [4.69, 9.17) is 11.6 Å². The fourth-order valence-electron chi connectivity index (χ4n) is 4.33. The van der Waals surface area contributed by atoms with Crippen molar-refractivity contribution in [2.24, 2.45) is 0 Å². The SMILES string of the molecule is Cc1ccccc1C1c2ccsc2CCN1C(=O)CN(C(C)C)S(=O)(=O)c1ccc(Cl)cc1. The number of fused-ring (bicyclic) bond motifs is 1. The second-order valence-electron chi connectivity index (χ2n) is 8.49. The monoisotopic (exact) mass is 502 g/mol. The number of hydrogen-bond donors (Lipinski definition) is 0. The minimum absolute atomic E-state index is 0.127. The van der Waals surface area contributed by atoms with Crippen molar-refractivity contribution in [3.05, 3.63) is 86.6 Å². The third-order valence-corrected chi connectivity index (χ3v) is 9.34. The van der Waals surface area contributed by atoms with Crippen molar-refractivity contribution in [3.63, 3.8) is 0 Å². The molecular weight excluding hydrogens is 476 g/mol. The minimum Gasteiger partial charge on any atom is -0.330 e. The molecule has 5 nitrogen and oxygen atoms in total. The predicted molar refractivity (Wildman–Crippen MR) is 133 cm³/mol. The molecule has 0 spiro atoms. The van der Waals surface area contributed by atoms with Crippen LogP contribution in [-0.2, 0) is 21.2 Å². The molecule has 174 valence electrons. The van der Waals surface area contributed by atoms with E-state index in [-0.39, 0.29) is 29.4 Å². The van der Waals surface area contributed by atoms with Crippen LogP contribution in [0.25, 0.3) is 0 Å². The Hall–Kier alpha value is -2.19. The maximum absolute atomic E-state index is 13.7. The highest BCUT2D eigenvalue weighted by Crippen LogP contribution is 2.39. The van der Waals surface area contributed by atoms with E-state index in [1.165, 1.54) is 21.3 Å². The van der Waals surface area contributed by atoms with E-state index in [1.807, 2.05) is 30.0 Å². The number of nitrogens with zero attached hydrogens (tertiary/aromatic N) is 2. The van der Waals surface area contributed by atoms with E-state index in [0.717, 1.165) is 23.1 Å². The topological polar surface area (TPSA) is 57.7 Å². The zero-order valence-corrected chi connectivity index (χ0v) is 21.3. The smallest absolute Gasteiger partial charge is 0.243 e. The Morgan fingerprint density at radius 2 is 1.82 bits per heavy atom. The Kier molecular flexibility index (Phi) is 6.96. The summed E-state index contributed by atoms with van der Waals surface area (Å²) in [5.41, 5.74) is 3.31. The molecule has 0 N–H and O–H groups in total. The molecule has 1 atom stereocenters. The van der Waals surface area contributed by atoms with Crippen molar-refractivity contribution in [3.8, 4) is 0 Å². The first kappa shape index (κ1) is 24.0. The number of benzene rings is 2. The number of halogens is 1. The maximum atomic E-state index is 13.7. The number of carbonyl (C=O) groups is 1. The molecule has 0 radical (unpaired) electrons. The van der Waals surface area contributed by atoms with Gasteiger partial charge in [0.25, 0.3) is 0 Å². The normalized spacial score (nSPS) is 16.3. The Morgan fingerprint density at radius 3 is 2.48 bits per heavy atom. The lowest BCUT2D eigenvalue weighted by Crippen LogP contribution is -2.48. The molecule has 8 heteroatoms. The molecule has 4 rings (SSSR count). The summed E-state index contributed by atoms with van der Waals surface area (Å²) in [5, 5.41) is 2.53. The Balaban J connectivity index is 1.68. The third-order valence-electron chi connectivity index (χ3n) is 6.06. The molecule has 1 aliphatic rings. The molecule has 2 aromatic carbocycles. The van der Waals surface area contributed by atoms with Gasteiger partial charge >= 0.3 is 0 Å². The molecule has 0 saturated carbocycles. The summed E-state index contributed by atoms with van der Waals surface area (Å²) in [7, 11) is -3.86. The molecule has 33 heavy (non-hydrogen) atoms. The molecule has 1 aromatic heterocycles. The van der Waals surface area contributed by atoms with Gasteiger partial charge in [0, 0.05) is 22.5 Å². The van der Waals surface area contributed by atoms with Crippen LogP contribution in [0.15, 0.2) is 64.9 Å². The highest BCUT2D eigenvalue weighted by atomic mass is 35.5. The molecule has 0 saturated heterocycles. The van der Waals surface area contributed by atoms with Gasteiger partial charge in [0.1, 0.15) is 0 Å². The van der Waals surface area contributed by atoms with Crippen molar-refractivity contribution < 1.29 is 13.2 Å². The van der Waals surface area contributed by atoms with Gasteiger partial charge in [-0.1, -0.05) is 35.9 Å². The summed E-state index contributed by atoms with van der Waals surface area (Å²) in [4.78, 5) is 16.9. The fraction of sp³-hybridized carbons (Fsp3) is 0.320. The van der Waals surface area contributed by atoms with Crippen molar-refractivity contribution in [1.82, 2.24) is 9.21 Å². The quantitative estimate of drug-likeness (QED) is 0.460. The fourth-order valence-corrected chi connectivity index (χ4v) is 6.94. The number of sulfonamides is 1. The number of amides is 1. The largest absolute Gasteiger partial charge is 0.330 e. The van der Waals surface area contributed by atoms with Crippen LogP contribution in [0.4, 0.5) is 0 Å². The summed E-state index contributed by atoms with van der Waals surface area (Å²) in [6.45, 7) is 5.95. The molecule has 0 fully saturated rings. The van der Waals surface area contributed by atoms with E-state index in [0.29, 0.717) is 11.6 Å². The molecule has 0 bridgehead atoms. The number of hydrogen-bond acceptors (Lipinski definition) is 4. The lowest BCUT2D eigenvalue weighted by molar-refractivity contribution is -0.133. The zero-order chi connectivity index (χ0) is 23.8. The van der Waals surface area contributed by atoms with Gasteiger partial charge in [0.05, 0.1) is 17.5 Å². The van der Waals surface area contributed by atoms with Crippen LogP contribution in [0.1, 0.15) is 41.5 Å². The van der Waals surface area contributed by atoms with Crippen LogP contribution in [-0.4, -0.2) is 42.7 Å². The van der Waals surface area contributed by atoms with Crippen molar-refractivity contribution in [2.45, 2.75) is 44.2 Å². The van der Waals surface area contributed by atoms with Gasteiger partial charge in [-0.25, -0.2) is 8.42 Å². The summed E-state index contributed by atoms with van der Waals surface area (Å²) >= 11 is 7.65. The van der Waals surface area contributed by atoms with Gasteiger partial charge in [0.2, 0.25) is 15.9 Å². The first-order chi connectivity index (χ1) is 15.7. The zero-order valence-electron chi connectivity index (χ0n) is 18.9. The van der Waals surface area contributed by atoms with E-state index in [9.17, 15) is 13.2 Å². The van der Waals surface area contributed by atoms with E-state index >= 15 is 0 Å².